The third-order valence-corrected chi connectivity index (χ3v) is 5.14. The molecular formula is C20H28FN3O7. The summed E-state index contributed by atoms with van der Waals surface area (Å²) in [6.45, 7) is 3.35. The predicted molar refractivity (Wildman–Crippen MR) is 107 cm³/mol. The number of urea groups is 1. The highest BCUT2D eigenvalue weighted by molar-refractivity contribution is 5.91. The zero-order chi connectivity index (χ0) is 23.3. The van der Waals surface area contributed by atoms with Crippen LogP contribution >= 0.6 is 0 Å². The van der Waals surface area contributed by atoms with Gasteiger partial charge in [0, 0.05) is 18.5 Å². The second-order valence-corrected chi connectivity index (χ2v) is 7.93. The third kappa shape index (κ3) is 6.12. The largest absolute Gasteiger partial charge is 0.467 e. The summed E-state index contributed by atoms with van der Waals surface area (Å²) in [5.74, 6) is -2.56. The zero-order valence-electron chi connectivity index (χ0n) is 17.5. The van der Waals surface area contributed by atoms with Crippen molar-refractivity contribution in [2.45, 2.75) is 56.6 Å². The van der Waals surface area contributed by atoms with E-state index in [1.807, 2.05) is 0 Å². The van der Waals surface area contributed by atoms with Gasteiger partial charge in [-0.05, 0) is 24.1 Å². The second kappa shape index (κ2) is 10.0. The van der Waals surface area contributed by atoms with Crippen molar-refractivity contribution in [2.24, 2.45) is 5.92 Å². The Bertz CT molecular complexity index is 822. The number of methoxy groups -OCH3 is 1. The molecule has 2 rings (SSSR count). The van der Waals surface area contributed by atoms with Crippen LogP contribution in [0.1, 0.15) is 26.7 Å². The minimum absolute atomic E-state index is 0.147. The Morgan fingerprint density at radius 1 is 1.23 bits per heavy atom. The first-order valence-electron chi connectivity index (χ1n) is 9.77. The van der Waals surface area contributed by atoms with Crippen LogP contribution in [0.15, 0.2) is 24.3 Å². The summed E-state index contributed by atoms with van der Waals surface area (Å²) in [6.07, 6.45) is -3.93. The summed E-state index contributed by atoms with van der Waals surface area (Å²) in [5, 5.41) is 38.4. The fourth-order valence-corrected chi connectivity index (χ4v) is 3.43. The molecule has 1 aromatic carbocycles. The van der Waals surface area contributed by atoms with Gasteiger partial charge in [-0.15, -0.1) is 0 Å². The first-order chi connectivity index (χ1) is 14.5. The van der Waals surface area contributed by atoms with E-state index in [2.05, 4.69) is 20.7 Å². The fourth-order valence-electron chi connectivity index (χ4n) is 3.43. The number of halogens is 1. The highest BCUT2D eigenvalue weighted by atomic mass is 19.1. The molecule has 1 aliphatic carbocycles. The van der Waals surface area contributed by atoms with E-state index in [9.17, 15) is 34.1 Å². The lowest BCUT2D eigenvalue weighted by Gasteiger charge is -2.42. The van der Waals surface area contributed by atoms with E-state index in [-0.39, 0.29) is 11.6 Å². The lowest BCUT2D eigenvalue weighted by Crippen LogP contribution is -2.64. The number of amides is 3. The van der Waals surface area contributed by atoms with Crippen molar-refractivity contribution >= 4 is 23.6 Å². The number of rotatable bonds is 6. The summed E-state index contributed by atoms with van der Waals surface area (Å²) < 4.78 is 17.9. The standard InChI is InChI=1S/C20H28FN3O7/c1-10(2)15(17(27)31-3)24-18(28)20(30)8-13(16(26)14(25)9-20)23-19(29)22-12-6-4-5-11(21)7-12/h4-7,10,13-16,25-26,30H,8-9H2,1-3H3,(H,24,28)(H2,22,23,29). The van der Waals surface area contributed by atoms with Crippen LogP contribution in [-0.4, -0.2) is 70.2 Å². The predicted octanol–water partition coefficient (Wildman–Crippen LogP) is -0.124. The molecular weight excluding hydrogens is 413 g/mol. The molecule has 5 unspecified atom stereocenters. The Hall–Kier alpha value is -2.76. The molecule has 10 nitrogen and oxygen atoms in total. The lowest BCUT2D eigenvalue weighted by molar-refractivity contribution is -0.161. The van der Waals surface area contributed by atoms with Crippen LogP contribution in [0.2, 0.25) is 0 Å². The first-order valence-corrected chi connectivity index (χ1v) is 9.77. The monoisotopic (exact) mass is 441 g/mol. The van der Waals surface area contributed by atoms with Gasteiger partial charge in [-0.25, -0.2) is 14.0 Å². The van der Waals surface area contributed by atoms with E-state index >= 15 is 0 Å². The van der Waals surface area contributed by atoms with Crippen LogP contribution < -0.4 is 16.0 Å². The van der Waals surface area contributed by atoms with Crippen LogP contribution in [0.25, 0.3) is 0 Å². The van der Waals surface area contributed by atoms with Gasteiger partial charge in [-0.3, -0.25) is 4.79 Å². The van der Waals surface area contributed by atoms with E-state index in [1.165, 1.54) is 18.2 Å². The molecule has 0 bridgehead atoms. The zero-order valence-corrected chi connectivity index (χ0v) is 17.5. The van der Waals surface area contributed by atoms with Crippen LogP contribution in [0.4, 0.5) is 14.9 Å². The number of aliphatic hydroxyl groups is 3. The minimum atomic E-state index is -2.17. The van der Waals surface area contributed by atoms with Gasteiger partial charge in [0.25, 0.3) is 5.91 Å². The highest BCUT2D eigenvalue weighted by Gasteiger charge is 2.50. The van der Waals surface area contributed by atoms with Gasteiger partial charge in [0.2, 0.25) is 0 Å². The SMILES string of the molecule is COC(=O)C(NC(=O)C1(O)CC(O)C(O)C(NC(=O)Nc2cccc(F)c2)C1)C(C)C. The smallest absolute Gasteiger partial charge is 0.328 e. The summed E-state index contributed by atoms with van der Waals surface area (Å²) >= 11 is 0. The molecule has 6 N–H and O–H groups in total. The summed E-state index contributed by atoms with van der Waals surface area (Å²) in [4.78, 5) is 36.9. The Labute approximate surface area is 178 Å². The molecule has 1 aromatic rings. The molecule has 172 valence electrons. The normalized spacial score (nSPS) is 26.6. The maximum atomic E-state index is 13.3. The van der Waals surface area contributed by atoms with Crippen LogP contribution in [0.3, 0.4) is 0 Å². The number of hydrogen-bond acceptors (Lipinski definition) is 7. The molecule has 0 heterocycles. The molecule has 1 aliphatic rings. The molecule has 5 atom stereocenters. The van der Waals surface area contributed by atoms with E-state index < -0.39 is 66.5 Å². The van der Waals surface area contributed by atoms with E-state index in [0.29, 0.717) is 0 Å². The number of carbonyl (C=O) groups excluding carboxylic acids is 3. The van der Waals surface area contributed by atoms with Crippen molar-refractivity contribution in [3.8, 4) is 0 Å². The maximum Gasteiger partial charge on any atom is 0.328 e. The lowest BCUT2D eigenvalue weighted by atomic mass is 9.77. The van der Waals surface area contributed by atoms with Crippen LogP contribution in [0.5, 0.6) is 0 Å². The van der Waals surface area contributed by atoms with Gasteiger partial charge in [0.05, 0.1) is 19.3 Å². The molecule has 0 aliphatic heterocycles. The maximum absolute atomic E-state index is 13.3. The Morgan fingerprint density at radius 2 is 1.90 bits per heavy atom. The van der Waals surface area contributed by atoms with Gasteiger partial charge >= 0.3 is 12.0 Å². The van der Waals surface area contributed by atoms with E-state index in [1.54, 1.807) is 13.8 Å². The number of ether oxygens (including phenoxy) is 1. The van der Waals surface area contributed by atoms with Crippen LogP contribution in [-0.2, 0) is 14.3 Å². The number of carbonyl (C=O) groups is 3. The minimum Gasteiger partial charge on any atom is -0.467 e. The number of aliphatic hydroxyl groups excluding tert-OH is 2. The molecule has 1 saturated carbocycles. The summed E-state index contributed by atoms with van der Waals surface area (Å²) in [7, 11) is 1.16. The molecule has 0 spiro atoms. The van der Waals surface area contributed by atoms with Crippen molar-refractivity contribution in [1.82, 2.24) is 10.6 Å². The second-order valence-electron chi connectivity index (χ2n) is 7.93. The Balaban J connectivity index is 2.11. The topological polar surface area (TPSA) is 157 Å². The first kappa shape index (κ1) is 24.5. The van der Waals surface area contributed by atoms with E-state index in [4.69, 9.17) is 0 Å². The number of nitrogens with one attached hydrogen (secondary N) is 3. The van der Waals surface area contributed by atoms with Gasteiger partial charge in [-0.2, -0.15) is 0 Å². The molecule has 11 heteroatoms. The van der Waals surface area contributed by atoms with Crippen molar-refractivity contribution < 1.29 is 38.8 Å². The fraction of sp³-hybridized carbons (Fsp3) is 0.550. The molecule has 0 radical (unpaired) electrons. The number of esters is 1. The van der Waals surface area contributed by atoms with Crippen molar-refractivity contribution in [3.05, 3.63) is 30.1 Å². The van der Waals surface area contributed by atoms with Crippen molar-refractivity contribution in [1.29, 1.82) is 0 Å². The molecule has 0 saturated heterocycles. The summed E-state index contributed by atoms with van der Waals surface area (Å²) in [6, 6.07) is 2.03. The quantitative estimate of drug-likeness (QED) is 0.336. The Kier molecular flexibility index (Phi) is 7.93. The average molecular weight is 441 g/mol. The van der Waals surface area contributed by atoms with Gasteiger partial charge in [0.15, 0.2) is 0 Å². The van der Waals surface area contributed by atoms with Crippen molar-refractivity contribution in [3.63, 3.8) is 0 Å². The van der Waals surface area contributed by atoms with E-state index in [0.717, 1.165) is 13.2 Å². The van der Waals surface area contributed by atoms with Gasteiger partial charge in [-0.1, -0.05) is 19.9 Å². The number of benzene rings is 1. The number of anilines is 1. The number of hydrogen-bond donors (Lipinski definition) is 6. The third-order valence-electron chi connectivity index (χ3n) is 5.14. The molecule has 31 heavy (non-hydrogen) atoms. The highest BCUT2D eigenvalue weighted by Crippen LogP contribution is 2.30. The van der Waals surface area contributed by atoms with Crippen LogP contribution in [0, 0.1) is 11.7 Å². The average Bonchev–Trinajstić information content (AvgIpc) is 2.68. The summed E-state index contributed by atoms with van der Waals surface area (Å²) in [5.41, 5.74) is -2.02. The molecule has 0 aromatic heterocycles. The molecule has 1 fully saturated rings. The molecule has 3 amide bonds. The van der Waals surface area contributed by atoms with Gasteiger partial charge < -0.3 is 36.0 Å². The Morgan fingerprint density at radius 3 is 2.48 bits per heavy atom. The van der Waals surface area contributed by atoms with Crippen molar-refractivity contribution in [2.75, 3.05) is 12.4 Å². The van der Waals surface area contributed by atoms with Gasteiger partial charge in [0.1, 0.15) is 23.6 Å².